The van der Waals surface area contributed by atoms with Crippen LogP contribution in [0.4, 0.5) is 4.79 Å². The van der Waals surface area contributed by atoms with Gasteiger partial charge in [0.05, 0.1) is 0 Å². The predicted molar refractivity (Wildman–Crippen MR) is 92.4 cm³/mol. The Morgan fingerprint density at radius 2 is 1.78 bits per heavy atom. The third-order valence-corrected chi connectivity index (χ3v) is 5.37. The van der Waals surface area contributed by atoms with E-state index in [2.05, 4.69) is 12.2 Å². The molecule has 1 N–H and O–H groups in total. The Morgan fingerprint density at radius 1 is 1.17 bits per heavy atom. The van der Waals surface area contributed by atoms with Crippen molar-refractivity contribution >= 4 is 6.09 Å². The minimum absolute atomic E-state index is 0.131. The summed E-state index contributed by atoms with van der Waals surface area (Å²) in [6.07, 6.45) is 8.78. The van der Waals surface area contributed by atoms with Crippen molar-refractivity contribution in [2.45, 2.75) is 96.4 Å². The summed E-state index contributed by atoms with van der Waals surface area (Å²) >= 11 is 0. The Bertz CT molecular complexity index is 412. The van der Waals surface area contributed by atoms with E-state index in [4.69, 9.17) is 4.74 Å². The highest BCUT2D eigenvalue weighted by atomic mass is 16.6. The molecular weight excluding hydrogens is 288 g/mol. The van der Waals surface area contributed by atoms with Crippen LogP contribution in [0.1, 0.15) is 72.6 Å². The number of nitrogens with zero attached hydrogens (tertiary/aromatic N) is 1. The topological polar surface area (TPSA) is 41.6 Å². The van der Waals surface area contributed by atoms with Crippen LogP contribution in [0.25, 0.3) is 0 Å². The fourth-order valence-corrected chi connectivity index (χ4v) is 4.01. The second-order valence-corrected chi connectivity index (χ2v) is 8.97. The average Bonchev–Trinajstić information content (AvgIpc) is 3.33. The summed E-state index contributed by atoms with van der Waals surface area (Å²) in [5.41, 5.74) is -0.406. The number of nitrogens with one attached hydrogen (secondary N) is 1. The predicted octanol–water partition coefficient (Wildman–Crippen LogP) is 3.94. The number of amides is 1. The largest absolute Gasteiger partial charge is 0.444 e. The van der Waals surface area contributed by atoms with Crippen LogP contribution in [0.2, 0.25) is 0 Å². The lowest BCUT2D eigenvalue weighted by molar-refractivity contribution is 0.0213. The molecule has 2 saturated carbocycles. The number of hydrogen-bond donors (Lipinski definition) is 1. The van der Waals surface area contributed by atoms with Crippen LogP contribution in [-0.2, 0) is 4.74 Å². The number of carbonyl (C=O) groups is 1. The molecule has 132 valence electrons. The maximum absolute atomic E-state index is 12.4. The van der Waals surface area contributed by atoms with Crippen LogP contribution in [0.15, 0.2) is 0 Å². The van der Waals surface area contributed by atoms with Crippen LogP contribution in [0.5, 0.6) is 0 Å². The average molecular weight is 322 g/mol. The molecule has 0 bridgehead atoms. The fraction of sp³-hybridized carbons (Fsp3) is 0.947. The second-order valence-electron chi connectivity index (χ2n) is 8.97. The fourth-order valence-electron chi connectivity index (χ4n) is 4.01. The minimum Gasteiger partial charge on any atom is -0.444 e. The lowest BCUT2D eigenvalue weighted by Gasteiger charge is -2.31. The van der Waals surface area contributed by atoms with Gasteiger partial charge in [0.2, 0.25) is 0 Å². The summed E-state index contributed by atoms with van der Waals surface area (Å²) in [7, 11) is 0. The molecule has 4 heteroatoms. The van der Waals surface area contributed by atoms with Crippen LogP contribution >= 0.6 is 0 Å². The first-order chi connectivity index (χ1) is 10.8. The molecular formula is C19H34N2O2. The molecule has 3 fully saturated rings. The van der Waals surface area contributed by atoms with E-state index in [1.807, 2.05) is 25.7 Å². The molecule has 2 unspecified atom stereocenters. The zero-order chi connectivity index (χ0) is 16.6. The maximum atomic E-state index is 12.4. The van der Waals surface area contributed by atoms with Crippen molar-refractivity contribution in [1.82, 2.24) is 10.2 Å². The van der Waals surface area contributed by atoms with Gasteiger partial charge in [0, 0.05) is 24.7 Å². The number of ether oxygens (including phenoxy) is 1. The third-order valence-electron chi connectivity index (χ3n) is 5.37. The number of likely N-dealkylation sites (tertiary alicyclic amines) is 1. The van der Waals surface area contributed by atoms with Crippen molar-refractivity contribution in [3.8, 4) is 0 Å². The Hall–Kier alpha value is -0.770. The third kappa shape index (κ3) is 4.85. The first-order valence-corrected chi connectivity index (χ1v) is 9.59. The van der Waals surface area contributed by atoms with E-state index >= 15 is 0 Å². The lowest BCUT2D eigenvalue weighted by Crippen LogP contribution is -2.45. The van der Waals surface area contributed by atoms with Crippen LogP contribution in [0.3, 0.4) is 0 Å². The van der Waals surface area contributed by atoms with Gasteiger partial charge in [-0.1, -0.05) is 0 Å². The molecule has 0 radical (unpaired) electrons. The van der Waals surface area contributed by atoms with Gasteiger partial charge >= 0.3 is 6.09 Å². The standard InChI is InChI=1S/C19H34N2O2/c1-13(20-17(14-7-8-14)15-9-10-15)12-16-6-5-11-21(16)18(22)23-19(2,3)4/h13-17,20H,5-12H2,1-4H3. The van der Waals surface area contributed by atoms with E-state index in [0.717, 1.165) is 43.7 Å². The molecule has 0 spiro atoms. The van der Waals surface area contributed by atoms with Gasteiger partial charge in [0.1, 0.15) is 5.60 Å². The maximum Gasteiger partial charge on any atom is 0.410 e. The van der Waals surface area contributed by atoms with Gasteiger partial charge in [0.25, 0.3) is 0 Å². The van der Waals surface area contributed by atoms with E-state index in [0.29, 0.717) is 12.1 Å². The molecule has 2 aliphatic carbocycles. The molecule has 1 saturated heterocycles. The highest BCUT2D eigenvalue weighted by molar-refractivity contribution is 5.68. The molecule has 1 amide bonds. The number of hydrogen-bond acceptors (Lipinski definition) is 3. The quantitative estimate of drug-likeness (QED) is 0.805. The summed E-state index contributed by atoms with van der Waals surface area (Å²) in [6.45, 7) is 8.96. The first kappa shape index (κ1) is 17.1. The van der Waals surface area contributed by atoms with Crippen molar-refractivity contribution in [2.24, 2.45) is 11.8 Å². The Balaban J connectivity index is 1.50. The zero-order valence-electron chi connectivity index (χ0n) is 15.3. The van der Waals surface area contributed by atoms with E-state index in [1.54, 1.807) is 0 Å². The summed E-state index contributed by atoms with van der Waals surface area (Å²) in [6, 6.07) is 1.56. The van der Waals surface area contributed by atoms with E-state index in [1.165, 1.54) is 25.7 Å². The van der Waals surface area contributed by atoms with Gasteiger partial charge < -0.3 is 15.0 Å². The molecule has 2 atom stereocenters. The number of rotatable bonds is 6. The van der Waals surface area contributed by atoms with Gasteiger partial charge in [-0.3, -0.25) is 0 Å². The smallest absolute Gasteiger partial charge is 0.410 e. The highest BCUT2D eigenvalue weighted by Gasteiger charge is 2.42. The Morgan fingerprint density at radius 3 is 2.30 bits per heavy atom. The molecule has 1 aliphatic heterocycles. The van der Waals surface area contributed by atoms with Gasteiger partial charge in [-0.15, -0.1) is 0 Å². The van der Waals surface area contributed by atoms with Crippen molar-refractivity contribution in [3.63, 3.8) is 0 Å². The van der Waals surface area contributed by atoms with Gasteiger partial charge in [-0.05, 0) is 84.5 Å². The monoisotopic (exact) mass is 322 g/mol. The summed E-state index contributed by atoms with van der Waals surface area (Å²) in [5, 5.41) is 3.90. The molecule has 0 aromatic rings. The molecule has 3 rings (SSSR count). The van der Waals surface area contributed by atoms with Crippen LogP contribution < -0.4 is 5.32 Å². The molecule has 3 aliphatic rings. The molecule has 0 aromatic heterocycles. The molecule has 4 nitrogen and oxygen atoms in total. The Kier molecular flexibility index (Phi) is 4.91. The lowest BCUT2D eigenvalue weighted by atomic mass is 10.0. The molecule has 1 heterocycles. The summed E-state index contributed by atoms with van der Waals surface area (Å²) in [4.78, 5) is 14.4. The van der Waals surface area contributed by atoms with Crippen LogP contribution in [0, 0.1) is 11.8 Å². The minimum atomic E-state index is -0.406. The van der Waals surface area contributed by atoms with Gasteiger partial charge in [0.15, 0.2) is 0 Å². The van der Waals surface area contributed by atoms with E-state index < -0.39 is 5.60 Å². The molecule has 23 heavy (non-hydrogen) atoms. The summed E-state index contributed by atoms with van der Waals surface area (Å²) in [5.74, 6) is 1.85. The normalized spacial score (nSPS) is 26.7. The van der Waals surface area contributed by atoms with Crippen molar-refractivity contribution < 1.29 is 9.53 Å². The summed E-state index contributed by atoms with van der Waals surface area (Å²) < 4.78 is 5.58. The van der Waals surface area contributed by atoms with E-state index in [9.17, 15) is 4.79 Å². The highest BCUT2D eigenvalue weighted by Crippen LogP contribution is 2.44. The van der Waals surface area contributed by atoms with Crippen molar-refractivity contribution in [1.29, 1.82) is 0 Å². The van der Waals surface area contributed by atoms with Crippen LogP contribution in [-0.4, -0.2) is 41.3 Å². The molecule has 0 aromatic carbocycles. The Labute approximate surface area is 141 Å². The first-order valence-electron chi connectivity index (χ1n) is 9.59. The second kappa shape index (κ2) is 6.62. The van der Waals surface area contributed by atoms with Crippen molar-refractivity contribution in [2.75, 3.05) is 6.54 Å². The number of carbonyl (C=O) groups excluding carboxylic acids is 1. The SMILES string of the molecule is CC(CC1CCCN1C(=O)OC(C)(C)C)NC(C1CC1)C1CC1. The van der Waals surface area contributed by atoms with E-state index in [-0.39, 0.29) is 6.09 Å². The van der Waals surface area contributed by atoms with Gasteiger partial charge in [-0.25, -0.2) is 4.79 Å². The zero-order valence-corrected chi connectivity index (χ0v) is 15.3. The van der Waals surface area contributed by atoms with Gasteiger partial charge in [-0.2, -0.15) is 0 Å². The van der Waals surface area contributed by atoms with Crippen molar-refractivity contribution in [3.05, 3.63) is 0 Å².